The molecule has 0 radical (unpaired) electrons. The molecule has 1 aromatic heterocycles. The van der Waals surface area contributed by atoms with Crippen molar-refractivity contribution in [3.63, 3.8) is 0 Å². The lowest BCUT2D eigenvalue weighted by atomic mass is 9.90. The Morgan fingerprint density at radius 2 is 1.85 bits per heavy atom. The minimum Gasteiger partial charge on any atom is -0.492 e. The van der Waals surface area contributed by atoms with Crippen LogP contribution in [0, 0.1) is 17.2 Å². The van der Waals surface area contributed by atoms with Crippen molar-refractivity contribution in [1.29, 1.82) is 5.26 Å². The van der Waals surface area contributed by atoms with Gasteiger partial charge in [0.05, 0.1) is 30.7 Å². The number of nitriles is 1. The van der Waals surface area contributed by atoms with E-state index in [9.17, 15) is 36.7 Å². The highest BCUT2D eigenvalue weighted by molar-refractivity contribution is 7.81. The maximum absolute atomic E-state index is 13.8. The Labute approximate surface area is 345 Å². The lowest BCUT2D eigenvalue weighted by Crippen LogP contribution is -2.53. The molecular formula is C42H45F4N7O5S. The molecular weight excluding hydrogens is 791 g/mol. The minimum atomic E-state index is -4.89. The number of benzene rings is 2. The number of carbonyl (C=O) groups is 4. The van der Waals surface area contributed by atoms with Gasteiger partial charge in [-0.3, -0.25) is 43.6 Å². The molecule has 1 N–H and O–H groups in total. The predicted molar refractivity (Wildman–Crippen MR) is 214 cm³/mol. The van der Waals surface area contributed by atoms with Crippen molar-refractivity contribution in [2.24, 2.45) is 5.92 Å². The molecule has 312 valence electrons. The second-order valence-corrected chi connectivity index (χ2v) is 16.0. The number of nitrogens with one attached hydrogen (secondary N) is 1. The van der Waals surface area contributed by atoms with E-state index in [0.29, 0.717) is 81.7 Å². The van der Waals surface area contributed by atoms with Crippen LogP contribution in [0.4, 0.5) is 28.9 Å². The number of hydrogen-bond acceptors (Lipinski definition) is 10. The summed E-state index contributed by atoms with van der Waals surface area (Å²) in [5.74, 6) is -0.834. The SMILES string of the molecule is C[C@@H]1CN(CCOc2ccc(N3C(=S)N(c4cnc(C#N)c(C(F)(F)F)c4)C(=O)C3(C)C)cc2CCF)CCN1CC(=O)Cc1cccc(CC2CCC(=O)NC2=O)c1. The third kappa shape index (κ3) is 9.77. The van der Waals surface area contributed by atoms with Crippen molar-refractivity contribution in [1.82, 2.24) is 20.1 Å². The van der Waals surface area contributed by atoms with Gasteiger partial charge in [0.2, 0.25) is 11.8 Å². The Morgan fingerprint density at radius 3 is 2.54 bits per heavy atom. The number of alkyl halides is 4. The molecule has 3 aromatic rings. The van der Waals surface area contributed by atoms with E-state index < -0.39 is 35.6 Å². The van der Waals surface area contributed by atoms with Crippen LogP contribution >= 0.6 is 12.2 Å². The number of aromatic nitrogens is 1. The molecule has 4 heterocycles. The summed E-state index contributed by atoms with van der Waals surface area (Å²) in [7, 11) is 0. The molecule has 0 bridgehead atoms. The van der Waals surface area contributed by atoms with Gasteiger partial charge < -0.3 is 9.64 Å². The number of thiocarbonyl (C=S) groups is 1. The average Bonchev–Trinajstić information content (AvgIpc) is 3.35. The van der Waals surface area contributed by atoms with Crippen LogP contribution in [-0.2, 0) is 44.6 Å². The Kier molecular flexibility index (Phi) is 13.1. The summed E-state index contributed by atoms with van der Waals surface area (Å²) >= 11 is 5.64. The van der Waals surface area contributed by atoms with Gasteiger partial charge in [-0.05, 0) is 86.8 Å². The highest BCUT2D eigenvalue weighted by Gasteiger charge is 2.51. The van der Waals surface area contributed by atoms with Crippen LogP contribution in [-0.4, -0.2) is 101 Å². The van der Waals surface area contributed by atoms with Crippen molar-refractivity contribution in [3.05, 3.63) is 82.7 Å². The van der Waals surface area contributed by atoms with Gasteiger partial charge in [0.1, 0.15) is 24.0 Å². The third-order valence-corrected chi connectivity index (χ3v) is 11.4. The van der Waals surface area contributed by atoms with Crippen molar-refractivity contribution >= 4 is 52.2 Å². The summed E-state index contributed by atoms with van der Waals surface area (Å²) < 4.78 is 61.2. The van der Waals surface area contributed by atoms with Crippen molar-refractivity contribution in [2.75, 3.05) is 55.8 Å². The van der Waals surface area contributed by atoms with E-state index >= 15 is 0 Å². The molecule has 0 spiro atoms. The number of ketones is 1. The quantitative estimate of drug-likeness (QED) is 0.130. The zero-order chi connectivity index (χ0) is 42.6. The summed E-state index contributed by atoms with van der Waals surface area (Å²) in [6.45, 7) is 7.81. The van der Waals surface area contributed by atoms with Crippen molar-refractivity contribution in [2.45, 2.75) is 70.6 Å². The van der Waals surface area contributed by atoms with Gasteiger partial charge >= 0.3 is 6.18 Å². The minimum absolute atomic E-state index is 0.00418. The molecule has 17 heteroatoms. The maximum atomic E-state index is 13.8. The van der Waals surface area contributed by atoms with Gasteiger partial charge in [-0.2, -0.15) is 18.4 Å². The number of rotatable bonds is 14. The number of hydrogen-bond donors (Lipinski definition) is 1. The Morgan fingerprint density at radius 1 is 1.08 bits per heavy atom. The van der Waals surface area contributed by atoms with Crippen molar-refractivity contribution in [3.8, 4) is 11.8 Å². The van der Waals surface area contributed by atoms with Crippen LogP contribution in [0.2, 0.25) is 0 Å². The summed E-state index contributed by atoms with van der Waals surface area (Å²) in [5.41, 5.74) is -0.915. The number of nitrogens with zero attached hydrogens (tertiary/aromatic N) is 6. The first-order valence-electron chi connectivity index (χ1n) is 19.4. The molecule has 2 atom stereocenters. The van der Waals surface area contributed by atoms with Crippen LogP contribution in [0.25, 0.3) is 0 Å². The first kappa shape index (κ1) is 43.3. The van der Waals surface area contributed by atoms with E-state index in [0.717, 1.165) is 22.2 Å². The number of carbonyl (C=O) groups excluding carboxylic acids is 4. The normalized spacial score (nSPS) is 20.2. The zero-order valence-corrected chi connectivity index (χ0v) is 33.8. The van der Waals surface area contributed by atoms with E-state index in [1.165, 1.54) is 11.0 Å². The molecule has 3 fully saturated rings. The summed E-state index contributed by atoms with van der Waals surface area (Å²) in [6.07, 6.45) is -2.26. The number of aryl methyl sites for hydroxylation is 1. The molecule has 3 aliphatic heterocycles. The fourth-order valence-corrected chi connectivity index (χ4v) is 8.39. The smallest absolute Gasteiger partial charge is 0.419 e. The molecule has 3 saturated heterocycles. The number of amides is 3. The van der Waals surface area contributed by atoms with Gasteiger partial charge in [-0.25, -0.2) is 4.98 Å². The number of piperazine rings is 1. The molecule has 1 unspecified atom stereocenters. The standard InChI is InChI=1S/C42H45F4N7O5S/c1-26-24-50(13-14-51(26)25-33(54)19-28-6-4-5-27(17-28)18-30-7-10-37(55)49-38(30)56)15-16-58-36-9-8-31(20-29(36)11-12-43)53-40(59)52(39(57)41(53,2)3)32-21-34(42(44,45)46)35(22-47)48-23-32/h4-6,8-9,17,20-21,23,26,30H,7,10-16,18-19,24-25H2,1-3H3,(H,49,55,56)/t26-,30?/m1/s1. The Bertz CT molecular complexity index is 2180. The highest BCUT2D eigenvalue weighted by Crippen LogP contribution is 2.40. The largest absolute Gasteiger partial charge is 0.492 e. The number of halogens is 4. The molecule has 0 aliphatic carbocycles. The van der Waals surface area contributed by atoms with Crippen molar-refractivity contribution < 1.29 is 41.5 Å². The lowest BCUT2D eigenvalue weighted by molar-refractivity contribution is -0.138. The molecule has 6 rings (SSSR count). The molecule has 0 saturated carbocycles. The average molecular weight is 836 g/mol. The van der Waals surface area contributed by atoms with E-state index in [4.69, 9.17) is 22.2 Å². The van der Waals surface area contributed by atoms with Crippen LogP contribution < -0.4 is 19.9 Å². The second-order valence-electron chi connectivity index (χ2n) is 15.6. The van der Waals surface area contributed by atoms with E-state index in [1.807, 2.05) is 24.3 Å². The van der Waals surface area contributed by atoms with Gasteiger partial charge in [-0.15, -0.1) is 0 Å². The first-order chi connectivity index (χ1) is 28.0. The topological polar surface area (TPSA) is 139 Å². The van der Waals surface area contributed by atoms with E-state index in [-0.39, 0.29) is 53.2 Å². The van der Waals surface area contributed by atoms with Crippen LogP contribution in [0.15, 0.2) is 54.7 Å². The second kappa shape index (κ2) is 17.9. The highest BCUT2D eigenvalue weighted by atomic mass is 32.1. The summed E-state index contributed by atoms with van der Waals surface area (Å²) in [4.78, 5) is 61.0. The number of Topliss-reactive ketones (excluding diaryl/α,β-unsaturated/α-hetero) is 1. The fraction of sp³-hybridized carbons (Fsp3) is 0.452. The third-order valence-electron chi connectivity index (χ3n) is 11.0. The number of anilines is 2. The zero-order valence-electron chi connectivity index (χ0n) is 33.0. The summed E-state index contributed by atoms with van der Waals surface area (Å²) in [6, 6.07) is 14.9. The van der Waals surface area contributed by atoms with Gasteiger partial charge in [-0.1, -0.05) is 24.3 Å². The fourth-order valence-electron chi connectivity index (χ4n) is 7.87. The van der Waals surface area contributed by atoms with Crippen LogP contribution in [0.3, 0.4) is 0 Å². The van der Waals surface area contributed by atoms with Crippen LogP contribution in [0.1, 0.15) is 61.6 Å². The van der Waals surface area contributed by atoms with E-state index in [2.05, 4.69) is 27.0 Å². The van der Waals surface area contributed by atoms with Crippen LogP contribution in [0.5, 0.6) is 5.75 Å². The molecule has 3 aliphatic rings. The first-order valence-corrected chi connectivity index (χ1v) is 19.8. The Balaban J connectivity index is 1.03. The number of pyridine rings is 1. The van der Waals surface area contributed by atoms with Gasteiger partial charge in [0, 0.05) is 63.1 Å². The number of piperidine rings is 1. The predicted octanol–water partition coefficient (Wildman–Crippen LogP) is 5.19. The van der Waals surface area contributed by atoms with E-state index in [1.54, 1.807) is 32.0 Å². The number of ether oxygens (including phenoxy) is 1. The Hall–Kier alpha value is -5.31. The molecule has 2 aromatic carbocycles. The van der Waals surface area contributed by atoms with Gasteiger partial charge in [0.15, 0.2) is 16.6 Å². The molecule has 59 heavy (non-hydrogen) atoms. The lowest BCUT2D eigenvalue weighted by Gasteiger charge is -2.39. The molecule has 12 nitrogen and oxygen atoms in total. The number of imide groups is 1. The molecule has 3 amide bonds. The monoisotopic (exact) mass is 835 g/mol. The van der Waals surface area contributed by atoms with Gasteiger partial charge in [0.25, 0.3) is 5.91 Å². The summed E-state index contributed by atoms with van der Waals surface area (Å²) in [5, 5.41) is 11.5. The maximum Gasteiger partial charge on any atom is 0.419 e.